The fraction of sp³-hybridized carbons (Fsp3) is 0.273. The molecule has 0 aromatic heterocycles. The van der Waals surface area contributed by atoms with Crippen molar-refractivity contribution in [2.45, 2.75) is 18.1 Å². The third-order valence-electron chi connectivity index (χ3n) is 2.35. The van der Waals surface area contributed by atoms with Crippen LogP contribution in [0.15, 0.2) is 18.2 Å². The number of aryl methyl sites for hydroxylation is 2. The molecule has 0 heterocycles. The first kappa shape index (κ1) is 18.5. The Morgan fingerprint density at radius 1 is 1.07 bits per heavy atom. The van der Waals surface area contributed by atoms with Gasteiger partial charge in [-0.05, 0) is 0 Å². The predicted molar refractivity (Wildman–Crippen MR) is 47.7 cm³/mol. The van der Waals surface area contributed by atoms with Crippen molar-refractivity contribution in [3.8, 4) is 0 Å². The summed E-state index contributed by atoms with van der Waals surface area (Å²) >= 11 is 2.25. The first-order chi connectivity index (χ1) is 5.68. The number of hydrogen-bond acceptors (Lipinski definition) is 0. The van der Waals surface area contributed by atoms with Crippen molar-refractivity contribution in [2.24, 2.45) is 0 Å². The van der Waals surface area contributed by atoms with Gasteiger partial charge < -0.3 is 50.9 Å². The van der Waals surface area contributed by atoms with E-state index in [4.69, 9.17) is 0 Å². The van der Waals surface area contributed by atoms with Crippen LogP contribution in [0.25, 0.3) is 6.08 Å². The molecule has 1 atom stereocenters. The molecular weight excluding hydrogens is 420 g/mol. The topological polar surface area (TPSA) is 0 Å². The van der Waals surface area contributed by atoms with Crippen molar-refractivity contribution >= 4 is 6.08 Å². The van der Waals surface area contributed by atoms with Crippen LogP contribution in [0.4, 0.5) is 0 Å². The Bertz CT molecular complexity index is 361. The largest absolute Gasteiger partial charge is 1.00 e. The molecule has 1 aliphatic rings. The number of allylic oxidation sites excluding steroid dienone is 1. The van der Waals surface area contributed by atoms with E-state index in [1.807, 2.05) is 0 Å². The van der Waals surface area contributed by atoms with Gasteiger partial charge in [0.15, 0.2) is 0 Å². The fourth-order valence-corrected chi connectivity index (χ4v) is 2.32. The molecule has 1 aliphatic carbocycles. The van der Waals surface area contributed by atoms with Gasteiger partial charge in [-0.1, -0.05) is 0 Å². The normalized spacial score (nSPS) is 15.9. The molecule has 0 bridgehead atoms. The van der Waals surface area contributed by atoms with Crippen molar-refractivity contribution < 1.29 is 71.4 Å². The van der Waals surface area contributed by atoms with E-state index in [9.17, 15) is 0 Å². The molecule has 0 N–H and O–H groups in total. The second kappa shape index (κ2) is 7.44. The number of benzene rings is 1. The van der Waals surface area contributed by atoms with Crippen molar-refractivity contribution in [3.05, 3.63) is 40.5 Å². The number of fused-ring (bicyclic) bond motifs is 1. The maximum Gasteiger partial charge on any atom is -1.00 e. The maximum atomic E-state index is 2.30. The molecule has 0 amide bonds. The molecule has 0 aliphatic heterocycles. The van der Waals surface area contributed by atoms with Crippen LogP contribution in [-0.2, 0) is 20.4 Å². The molecule has 15 heavy (non-hydrogen) atoms. The van der Waals surface area contributed by atoms with Gasteiger partial charge in [0.25, 0.3) is 0 Å². The van der Waals surface area contributed by atoms with Gasteiger partial charge in [0.05, 0.1) is 0 Å². The van der Waals surface area contributed by atoms with Gasteiger partial charge in [-0.2, -0.15) is 0 Å². The van der Waals surface area contributed by atoms with E-state index in [2.05, 4.69) is 58.6 Å². The van der Waals surface area contributed by atoms with Crippen LogP contribution >= 0.6 is 0 Å². The van der Waals surface area contributed by atoms with E-state index in [0.717, 1.165) is 0 Å². The molecule has 0 fully saturated rings. The average molecular weight is 431 g/mol. The SMILES string of the molecule is Cc1cc(C)c2c(c1)[CH]([Ti+3])C=C2.[Br-].[Br-].[Br-]. The van der Waals surface area contributed by atoms with Crippen LogP contribution in [0.2, 0.25) is 0 Å². The third kappa shape index (κ3) is 3.81. The van der Waals surface area contributed by atoms with E-state index in [0.29, 0.717) is 4.22 Å². The Hall–Kier alpha value is 1.11. The molecule has 0 saturated heterocycles. The number of halogens is 3. The van der Waals surface area contributed by atoms with Crippen LogP contribution in [0.1, 0.15) is 26.5 Å². The predicted octanol–water partition coefficient (Wildman–Crippen LogP) is -6.07. The maximum absolute atomic E-state index is 2.30. The molecule has 0 nitrogen and oxygen atoms in total. The van der Waals surface area contributed by atoms with Crippen LogP contribution < -0.4 is 50.9 Å². The van der Waals surface area contributed by atoms with Gasteiger partial charge in [-0.15, -0.1) is 0 Å². The minimum atomic E-state index is 0. The third-order valence-corrected chi connectivity index (χ3v) is 3.14. The second-order valence-electron chi connectivity index (χ2n) is 3.42. The smallest absolute Gasteiger partial charge is 1.00 e. The summed E-state index contributed by atoms with van der Waals surface area (Å²) in [5.41, 5.74) is 5.72. The minimum absolute atomic E-state index is 0. The first-order valence-corrected chi connectivity index (χ1v) is 5.09. The Labute approximate surface area is 135 Å². The van der Waals surface area contributed by atoms with Gasteiger partial charge in [-0.25, -0.2) is 0 Å². The van der Waals surface area contributed by atoms with Gasteiger partial charge in [-0.3, -0.25) is 0 Å². The minimum Gasteiger partial charge on any atom is -1.00 e. The van der Waals surface area contributed by atoms with Crippen molar-refractivity contribution in [3.63, 3.8) is 0 Å². The summed E-state index contributed by atoms with van der Waals surface area (Å²) < 4.78 is 0.610. The second-order valence-corrected chi connectivity index (χ2v) is 4.39. The van der Waals surface area contributed by atoms with Crippen LogP contribution in [0, 0.1) is 13.8 Å². The van der Waals surface area contributed by atoms with Crippen molar-refractivity contribution in [1.82, 2.24) is 0 Å². The van der Waals surface area contributed by atoms with E-state index in [-0.39, 0.29) is 50.9 Å². The molecule has 1 unspecified atom stereocenters. The van der Waals surface area contributed by atoms with Crippen molar-refractivity contribution in [1.29, 1.82) is 0 Å². The van der Waals surface area contributed by atoms with Crippen LogP contribution in [-0.4, -0.2) is 0 Å². The molecule has 2 rings (SSSR count). The molecule has 0 radical (unpaired) electrons. The van der Waals surface area contributed by atoms with Crippen LogP contribution in [0.3, 0.4) is 0 Å². The van der Waals surface area contributed by atoms with Gasteiger partial charge in [0, 0.05) is 0 Å². The van der Waals surface area contributed by atoms with E-state index < -0.39 is 0 Å². The fourth-order valence-electron chi connectivity index (χ4n) is 1.79. The van der Waals surface area contributed by atoms with Gasteiger partial charge in [0.2, 0.25) is 0 Å². The summed E-state index contributed by atoms with van der Waals surface area (Å²) in [7, 11) is 0. The standard InChI is InChI=1S/C11H11.3BrH.Ti/c1-8-6-9(2)11-5-3-4-10(11)7-8;;;;/h3-7H,1-2H3;3*1H;/q;;;;+3/p-3. The molecule has 0 spiro atoms. The Morgan fingerprint density at radius 3 is 2.27 bits per heavy atom. The Morgan fingerprint density at radius 2 is 1.67 bits per heavy atom. The monoisotopic (exact) mass is 428 g/mol. The zero-order valence-electron chi connectivity index (χ0n) is 8.52. The molecule has 1 aromatic rings. The molecule has 4 heteroatoms. The van der Waals surface area contributed by atoms with E-state index >= 15 is 0 Å². The van der Waals surface area contributed by atoms with Gasteiger partial charge >= 0.3 is 85.0 Å². The summed E-state index contributed by atoms with van der Waals surface area (Å²) in [6.45, 7) is 4.35. The van der Waals surface area contributed by atoms with Gasteiger partial charge in [0.1, 0.15) is 0 Å². The average Bonchev–Trinajstić information content (AvgIpc) is 2.33. The molecular formula is C11H11Br3Ti. The number of hydrogen-bond donors (Lipinski definition) is 0. The van der Waals surface area contributed by atoms with Crippen LogP contribution in [0.5, 0.6) is 0 Å². The zero-order chi connectivity index (χ0) is 8.72. The molecule has 0 saturated carbocycles. The van der Waals surface area contributed by atoms with Crippen molar-refractivity contribution in [2.75, 3.05) is 0 Å². The Kier molecular flexibility index (Phi) is 9.17. The summed E-state index contributed by atoms with van der Waals surface area (Å²) in [5.74, 6) is 0. The van der Waals surface area contributed by atoms with E-state index in [1.165, 1.54) is 22.3 Å². The number of rotatable bonds is 0. The summed E-state index contributed by atoms with van der Waals surface area (Å²) in [6.07, 6.45) is 4.52. The summed E-state index contributed by atoms with van der Waals surface area (Å²) in [4.78, 5) is 0. The molecule has 1 aromatic carbocycles. The zero-order valence-corrected chi connectivity index (χ0v) is 14.8. The Balaban J connectivity index is 0. The molecule has 80 valence electrons. The summed E-state index contributed by atoms with van der Waals surface area (Å²) in [6, 6.07) is 4.55. The first-order valence-electron chi connectivity index (χ1n) is 4.19. The van der Waals surface area contributed by atoms with E-state index in [1.54, 1.807) is 0 Å². The summed E-state index contributed by atoms with van der Waals surface area (Å²) in [5, 5.41) is 0. The quantitative estimate of drug-likeness (QED) is 0.360.